The molecular weight excluding hydrogens is 464 g/mol. The molecule has 1 saturated heterocycles. The molecule has 0 radical (unpaired) electrons. The maximum atomic E-state index is 11.0. The Labute approximate surface area is 221 Å². The lowest BCUT2D eigenvalue weighted by atomic mass is 9.79. The molecule has 8 nitrogen and oxygen atoms in total. The van der Waals surface area contributed by atoms with E-state index < -0.39 is 0 Å². The predicted octanol–water partition coefficient (Wildman–Crippen LogP) is 4.92. The Bertz CT molecular complexity index is 1130. The zero-order valence-electron chi connectivity index (χ0n) is 23.1. The van der Waals surface area contributed by atoms with Gasteiger partial charge in [0.15, 0.2) is 5.82 Å². The normalized spacial score (nSPS) is 20.4. The molecule has 2 heterocycles. The van der Waals surface area contributed by atoms with Gasteiger partial charge >= 0.3 is 0 Å². The molecule has 4 N–H and O–H groups in total. The van der Waals surface area contributed by atoms with Crippen LogP contribution < -0.4 is 20.7 Å². The highest BCUT2D eigenvalue weighted by Crippen LogP contribution is 2.40. The maximum Gasteiger partial charge on any atom is 0.151 e. The average molecular weight is 507 g/mol. The van der Waals surface area contributed by atoms with Crippen LogP contribution in [-0.2, 0) is 0 Å². The molecule has 1 aliphatic carbocycles. The first kappa shape index (κ1) is 26.9. The number of aromatic hydroxyl groups is 1. The van der Waals surface area contributed by atoms with Gasteiger partial charge in [0.05, 0.1) is 12.7 Å². The van der Waals surface area contributed by atoms with Crippen LogP contribution in [0.5, 0.6) is 11.5 Å². The Hall–Kier alpha value is -3.13. The molecule has 2 fully saturated rings. The summed E-state index contributed by atoms with van der Waals surface area (Å²) in [5.74, 6) is 1.36. The average Bonchev–Trinajstić information content (AvgIpc) is 3.35. The summed E-state index contributed by atoms with van der Waals surface area (Å²) < 4.78 is 5.65. The largest absolute Gasteiger partial charge is 0.507 e. The summed E-state index contributed by atoms with van der Waals surface area (Å²) in [5, 5.41) is 23.7. The number of phenols is 1. The molecule has 0 bridgehead atoms. The van der Waals surface area contributed by atoms with Gasteiger partial charge in [-0.05, 0) is 83.2 Å². The van der Waals surface area contributed by atoms with Gasteiger partial charge in [-0.3, -0.25) is 4.99 Å². The van der Waals surface area contributed by atoms with E-state index in [9.17, 15) is 5.11 Å². The fraction of sp³-hybridized carbons (Fsp3) is 0.552. The molecule has 1 aliphatic heterocycles. The van der Waals surface area contributed by atoms with Crippen LogP contribution in [-0.4, -0.2) is 58.8 Å². The van der Waals surface area contributed by atoms with Crippen LogP contribution in [0.1, 0.15) is 71.8 Å². The monoisotopic (exact) mass is 506 g/mol. The fourth-order valence-corrected chi connectivity index (χ4v) is 6.01. The molecule has 0 unspecified atom stereocenters. The molecule has 0 spiro atoms. The number of nitrogens with one attached hydrogen (secondary N) is 1. The van der Waals surface area contributed by atoms with Gasteiger partial charge in [-0.2, -0.15) is 0 Å². The first-order valence-corrected chi connectivity index (χ1v) is 13.2. The van der Waals surface area contributed by atoms with E-state index in [0.29, 0.717) is 29.1 Å². The summed E-state index contributed by atoms with van der Waals surface area (Å²) in [6, 6.07) is 8.05. The molecule has 200 valence electrons. The number of benzene rings is 1. The second-order valence-corrected chi connectivity index (χ2v) is 11.8. The number of hydrogen-bond donors (Lipinski definition) is 3. The Morgan fingerprint density at radius 1 is 1.14 bits per heavy atom. The number of allylic oxidation sites excluding steroid dienone is 1. The van der Waals surface area contributed by atoms with Crippen molar-refractivity contribution in [2.45, 2.75) is 89.4 Å². The molecule has 37 heavy (non-hydrogen) atoms. The molecule has 8 heteroatoms. The van der Waals surface area contributed by atoms with E-state index in [2.05, 4.69) is 55.2 Å². The van der Waals surface area contributed by atoms with Crippen LogP contribution in [0.15, 0.2) is 35.5 Å². The van der Waals surface area contributed by atoms with Crippen molar-refractivity contribution in [1.82, 2.24) is 15.5 Å². The number of piperidine rings is 1. The van der Waals surface area contributed by atoms with Gasteiger partial charge in [0, 0.05) is 48.2 Å². The summed E-state index contributed by atoms with van der Waals surface area (Å²) in [5.41, 5.74) is 8.51. The van der Waals surface area contributed by atoms with Crippen molar-refractivity contribution >= 4 is 17.6 Å². The van der Waals surface area contributed by atoms with Gasteiger partial charge in [-0.25, -0.2) is 0 Å². The van der Waals surface area contributed by atoms with Crippen LogP contribution in [0.4, 0.5) is 5.82 Å². The Morgan fingerprint density at radius 2 is 1.81 bits per heavy atom. The number of aromatic nitrogens is 2. The highest BCUT2D eigenvalue weighted by molar-refractivity contribution is 6.10. The van der Waals surface area contributed by atoms with Crippen LogP contribution >= 0.6 is 0 Å². The van der Waals surface area contributed by atoms with Crippen LogP contribution in [0, 0.1) is 0 Å². The number of nitrogens with zero attached hydrogens (tertiary/aromatic N) is 4. The number of nitrogens with two attached hydrogens (primary N) is 1. The molecule has 2 aromatic rings. The second kappa shape index (κ2) is 10.7. The maximum absolute atomic E-state index is 11.0. The van der Waals surface area contributed by atoms with Crippen molar-refractivity contribution in [1.29, 1.82) is 0 Å². The summed E-state index contributed by atoms with van der Waals surface area (Å²) in [6.07, 6.45) is 9.99. The molecule has 1 aromatic carbocycles. The first-order chi connectivity index (χ1) is 17.5. The van der Waals surface area contributed by atoms with Crippen molar-refractivity contribution in [3.05, 3.63) is 36.0 Å². The number of anilines is 1. The third-order valence-electron chi connectivity index (χ3n) is 7.55. The van der Waals surface area contributed by atoms with Crippen LogP contribution in [0.3, 0.4) is 0 Å². The van der Waals surface area contributed by atoms with E-state index in [1.165, 1.54) is 19.0 Å². The van der Waals surface area contributed by atoms with Gasteiger partial charge in [0.1, 0.15) is 17.2 Å². The molecule has 4 rings (SSSR count). The number of phenolic OH excluding ortho intramolecular Hbond substituents is 1. The smallest absolute Gasteiger partial charge is 0.151 e. The van der Waals surface area contributed by atoms with Gasteiger partial charge < -0.3 is 25.8 Å². The number of methoxy groups -OCH3 is 1. The van der Waals surface area contributed by atoms with Crippen molar-refractivity contribution in [3.63, 3.8) is 0 Å². The van der Waals surface area contributed by atoms with Gasteiger partial charge in [0.2, 0.25) is 0 Å². The third kappa shape index (κ3) is 6.24. The lowest BCUT2D eigenvalue weighted by Crippen LogP contribution is -2.62. The number of ether oxygens (including phenoxy) is 1. The van der Waals surface area contributed by atoms with E-state index in [1.54, 1.807) is 19.4 Å². The summed E-state index contributed by atoms with van der Waals surface area (Å²) in [4.78, 5) is 6.90. The minimum absolute atomic E-state index is 0.0353. The molecule has 2 aliphatic rings. The van der Waals surface area contributed by atoms with Gasteiger partial charge in [0.25, 0.3) is 0 Å². The second-order valence-electron chi connectivity index (χ2n) is 11.8. The molecular formula is C29H42N6O2. The highest BCUT2D eigenvalue weighted by Gasteiger charge is 2.39. The Kier molecular flexibility index (Phi) is 7.78. The zero-order chi connectivity index (χ0) is 26.8. The topological polar surface area (TPSA) is 109 Å². The number of aliphatic imine (C=N–C) groups is 1. The standard InChI is InChI=1S/C29H42N6O2/c1-28(2)15-22(16-29(3,4)34-28)35(5)26-12-11-23(32-33-26)27-24(36)13-19(14-25(27)37-6)20(17-30)18-31-21-9-7-8-10-21/h11-14,17-18,21-22,34,36H,7-10,15-16,30H2,1-6H3. The predicted molar refractivity (Wildman–Crippen MR) is 151 cm³/mol. The lowest BCUT2D eigenvalue weighted by Gasteiger charge is -2.49. The van der Waals surface area contributed by atoms with Crippen molar-refractivity contribution < 1.29 is 9.84 Å². The number of hydrogen-bond acceptors (Lipinski definition) is 8. The van der Waals surface area contributed by atoms with E-state index >= 15 is 0 Å². The Balaban J connectivity index is 1.57. The number of rotatable bonds is 7. The fourth-order valence-electron chi connectivity index (χ4n) is 6.01. The van der Waals surface area contributed by atoms with Crippen LogP contribution in [0.2, 0.25) is 0 Å². The minimum atomic E-state index is 0.0353. The van der Waals surface area contributed by atoms with Crippen LogP contribution in [0.25, 0.3) is 16.8 Å². The molecule has 1 saturated carbocycles. The molecule has 0 atom stereocenters. The lowest BCUT2D eigenvalue weighted by molar-refractivity contribution is 0.160. The van der Waals surface area contributed by atoms with E-state index in [1.807, 2.05) is 18.2 Å². The molecule has 0 amide bonds. The molecule has 1 aromatic heterocycles. The summed E-state index contributed by atoms with van der Waals surface area (Å²) in [6.45, 7) is 8.98. The van der Waals surface area contributed by atoms with Gasteiger partial charge in [-0.1, -0.05) is 12.8 Å². The van der Waals surface area contributed by atoms with E-state index in [4.69, 9.17) is 15.5 Å². The highest BCUT2D eigenvalue weighted by atomic mass is 16.5. The summed E-state index contributed by atoms with van der Waals surface area (Å²) in [7, 11) is 3.66. The summed E-state index contributed by atoms with van der Waals surface area (Å²) >= 11 is 0. The van der Waals surface area contributed by atoms with Crippen molar-refractivity contribution in [2.24, 2.45) is 10.7 Å². The van der Waals surface area contributed by atoms with E-state index in [0.717, 1.165) is 42.6 Å². The zero-order valence-corrected chi connectivity index (χ0v) is 23.1. The van der Waals surface area contributed by atoms with Gasteiger partial charge in [-0.15, -0.1) is 10.2 Å². The van der Waals surface area contributed by atoms with Crippen molar-refractivity contribution in [3.8, 4) is 22.8 Å². The first-order valence-electron chi connectivity index (χ1n) is 13.2. The van der Waals surface area contributed by atoms with Crippen molar-refractivity contribution in [2.75, 3.05) is 19.1 Å². The minimum Gasteiger partial charge on any atom is -0.507 e. The Morgan fingerprint density at radius 3 is 2.38 bits per heavy atom. The SMILES string of the molecule is COc1cc(C(C=NC2CCCC2)=CN)cc(O)c1-c1ccc(N(C)C2CC(C)(C)NC(C)(C)C2)nn1. The quantitative estimate of drug-likeness (QED) is 0.458. The van der Waals surface area contributed by atoms with E-state index in [-0.39, 0.29) is 16.8 Å². The third-order valence-corrected chi connectivity index (χ3v) is 7.55.